The summed E-state index contributed by atoms with van der Waals surface area (Å²) >= 11 is 6.04. The Morgan fingerprint density at radius 2 is 2.00 bits per heavy atom. The number of aryl methyl sites for hydroxylation is 1. The SMILES string of the molecule is Cc1ccc(NC(=O)CC(C)(C(=O)O)C(C)C)c(Cl)c1. The standard InChI is InChI=1S/C15H20ClNO3/c1-9(2)15(4,14(19)20)8-13(18)17-12-6-5-10(3)7-11(12)16/h5-7,9H,8H2,1-4H3,(H,17,18)(H,19,20). The largest absolute Gasteiger partial charge is 0.481 e. The van der Waals surface area contributed by atoms with Crippen molar-refractivity contribution in [1.29, 1.82) is 0 Å². The highest BCUT2D eigenvalue weighted by atomic mass is 35.5. The molecule has 20 heavy (non-hydrogen) atoms. The first-order chi connectivity index (χ1) is 9.16. The van der Waals surface area contributed by atoms with Crippen molar-refractivity contribution >= 4 is 29.2 Å². The minimum atomic E-state index is -1.10. The average molecular weight is 298 g/mol. The van der Waals surface area contributed by atoms with Crippen LogP contribution in [0.3, 0.4) is 0 Å². The predicted molar refractivity (Wildman–Crippen MR) is 80.0 cm³/mol. The molecule has 4 nitrogen and oxygen atoms in total. The number of nitrogens with one attached hydrogen (secondary N) is 1. The Kier molecular flexibility index (Phi) is 5.17. The number of anilines is 1. The van der Waals surface area contributed by atoms with E-state index in [9.17, 15) is 14.7 Å². The highest BCUT2D eigenvalue weighted by Gasteiger charge is 2.38. The number of rotatable bonds is 5. The maximum atomic E-state index is 12.0. The Labute approximate surface area is 124 Å². The van der Waals surface area contributed by atoms with E-state index in [1.807, 2.05) is 13.0 Å². The van der Waals surface area contributed by atoms with Gasteiger partial charge in [-0.2, -0.15) is 0 Å². The zero-order chi connectivity index (χ0) is 15.5. The molecule has 1 unspecified atom stereocenters. The summed E-state index contributed by atoms with van der Waals surface area (Å²) in [4.78, 5) is 23.4. The van der Waals surface area contributed by atoms with Crippen molar-refractivity contribution in [2.45, 2.75) is 34.1 Å². The number of aliphatic carboxylic acids is 1. The molecule has 0 aliphatic heterocycles. The molecule has 0 heterocycles. The van der Waals surface area contributed by atoms with Gasteiger partial charge in [-0.25, -0.2) is 0 Å². The van der Waals surface area contributed by atoms with Crippen LogP contribution in [0.4, 0.5) is 5.69 Å². The van der Waals surface area contributed by atoms with Gasteiger partial charge in [0.05, 0.1) is 16.1 Å². The van der Waals surface area contributed by atoms with Gasteiger partial charge in [0.1, 0.15) is 0 Å². The number of hydrogen-bond donors (Lipinski definition) is 2. The minimum Gasteiger partial charge on any atom is -0.481 e. The van der Waals surface area contributed by atoms with Crippen LogP contribution in [0.25, 0.3) is 0 Å². The number of benzene rings is 1. The molecule has 0 fully saturated rings. The zero-order valence-corrected chi connectivity index (χ0v) is 12.9. The van der Waals surface area contributed by atoms with E-state index in [0.29, 0.717) is 10.7 Å². The molecule has 0 saturated heterocycles. The zero-order valence-electron chi connectivity index (χ0n) is 12.2. The van der Waals surface area contributed by atoms with E-state index in [1.165, 1.54) is 0 Å². The summed E-state index contributed by atoms with van der Waals surface area (Å²) in [5.41, 5.74) is 0.394. The summed E-state index contributed by atoms with van der Waals surface area (Å²) in [5.74, 6) is -1.48. The normalized spacial score (nSPS) is 13.9. The molecule has 1 amide bonds. The van der Waals surface area contributed by atoms with Gasteiger partial charge in [0.2, 0.25) is 5.91 Å². The Morgan fingerprint density at radius 3 is 2.45 bits per heavy atom. The molecule has 110 valence electrons. The lowest BCUT2D eigenvalue weighted by atomic mass is 9.76. The van der Waals surface area contributed by atoms with E-state index in [0.717, 1.165) is 5.56 Å². The first-order valence-electron chi connectivity index (χ1n) is 6.46. The molecule has 0 aromatic heterocycles. The van der Waals surface area contributed by atoms with E-state index < -0.39 is 11.4 Å². The minimum absolute atomic E-state index is 0.0931. The fraction of sp³-hybridized carbons (Fsp3) is 0.467. The fourth-order valence-electron chi connectivity index (χ4n) is 1.78. The third-order valence-corrected chi connectivity index (χ3v) is 4.00. The van der Waals surface area contributed by atoms with Gasteiger partial charge in [0.25, 0.3) is 0 Å². The number of carboxylic acid groups (broad SMARTS) is 1. The summed E-state index contributed by atoms with van der Waals surface area (Å²) in [7, 11) is 0. The molecule has 0 radical (unpaired) electrons. The second-order valence-corrected chi connectivity index (χ2v) is 5.99. The fourth-order valence-corrected chi connectivity index (χ4v) is 2.06. The van der Waals surface area contributed by atoms with Crippen LogP contribution >= 0.6 is 11.6 Å². The predicted octanol–water partition coefficient (Wildman–Crippen LogP) is 3.72. The van der Waals surface area contributed by atoms with Crippen LogP contribution in [0.1, 0.15) is 32.8 Å². The first-order valence-corrected chi connectivity index (χ1v) is 6.84. The Balaban J connectivity index is 2.84. The maximum absolute atomic E-state index is 12.0. The van der Waals surface area contributed by atoms with Crippen LogP contribution in [0.5, 0.6) is 0 Å². The molecule has 0 spiro atoms. The summed E-state index contributed by atoms with van der Waals surface area (Å²) in [6.45, 7) is 7.06. The quantitative estimate of drug-likeness (QED) is 0.870. The number of carbonyl (C=O) groups excluding carboxylic acids is 1. The van der Waals surface area contributed by atoms with Crippen LogP contribution in [0.2, 0.25) is 5.02 Å². The van der Waals surface area contributed by atoms with Gasteiger partial charge in [-0.1, -0.05) is 31.5 Å². The molecule has 0 saturated carbocycles. The van der Waals surface area contributed by atoms with E-state index in [2.05, 4.69) is 5.32 Å². The molecule has 1 aromatic carbocycles. The van der Waals surface area contributed by atoms with Gasteiger partial charge in [-0.3, -0.25) is 9.59 Å². The van der Waals surface area contributed by atoms with Crippen molar-refractivity contribution in [3.63, 3.8) is 0 Å². The topological polar surface area (TPSA) is 66.4 Å². The second kappa shape index (κ2) is 6.27. The molecular weight excluding hydrogens is 278 g/mol. The van der Waals surface area contributed by atoms with Crippen molar-refractivity contribution in [2.75, 3.05) is 5.32 Å². The molecule has 1 rings (SSSR count). The smallest absolute Gasteiger partial charge is 0.310 e. The van der Waals surface area contributed by atoms with Gasteiger partial charge in [0, 0.05) is 6.42 Å². The Bertz CT molecular complexity index is 528. The average Bonchev–Trinajstić information content (AvgIpc) is 2.32. The first kappa shape index (κ1) is 16.5. The molecule has 1 atom stereocenters. The van der Waals surface area contributed by atoms with E-state index in [-0.39, 0.29) is 18.2 Å². The molecule has 2 N–H and O–H groups in total. The van der Waals surface area contributed by atoms with E-state index in [1.54, 1.807) is 32.9 Å². The van der Waals surface area contributed by atoms with Crippen LogP contribution in [-0.2, 0) is 9.59 Å². The summed E-state index contributed by atoms with van der Waals surface area (Å²) in [5, 5.41) is 12.4. The number of amides is 1. The third-order valence-electron chi connectivity index (χ3n) is 3.69. The van der Waals surface area contributed by atoms with Crippen LogP contribution in [0.15, 0.2) is 18.2 Å². The second-order valence-electron chi connectivity index (χ2n) is 5.59. The lowest BCUT2D eigenvalue weighted by molar-refractivity contribution is -0.153. The van der Waals surface area contributed by atoms with Crippen LogP contribution in [0, 0.1) is 18.3 Å². The molecule has 0 bridgehead atoms. The highest BCUT2D eigenvalue weighted by Crippen LogP contribution is 2.32. The Morgan fingerprint density at radius 1 is 1.40 bits per heavy atom. The van der Waals surface area contributed by atoms with Crippen molar-refractivity contribution in [2.24, 2.45) is 11.3 Å². The third kappa shape index (κ3) is 3.73. The van der Waals surface area contributed by atoms with E-state index >= 15 is 0 Å². The molecule has 0 aliphatic rings. The lowest BCUT2D eigenvalue weighted by Crippen LogP contribution is -2.37. The van der Waals surface area contributed by atoms with Crippen LogP contribution < -0.4 is 5.32 Å². The van der Waals surface area contributed by atoms with Gasteiger partial charge >= 0.3 is 5.97 Å². The van der Waals surface area contributed by atoms with Gasteiger partial charge in [-0.15, -0.1) is 0 Å². The summed E-state index contributed by atoms with van der Waals surface area (Å²) in [6.07, 6.45) is -0.0931. The number of carbonyl (C=O) groups is 2. The summed E-state index contributed by atoms with van der Waals surface area (Å²) < 4.78 is 0. The number of carboxylic acids is 1. The highest BCUT2D eigenvalue weighted by molar-refractivity contribution is 6.33. The van der Waals surface area contributed by atoms with Gasteiger partial charge in [-0.05, 0) is 37.5 Å². The molecular formula is C15H20ClNO3. The molecule has 5 heteroatoms. The monoisotopic (exact) mass is 297 g/mol. The molecule has 1 aromatic rings. The van der Waals surface area contributed by atoms with Crippen molar-refractivity contribution in [3.8, 4) is 0 Å². The van der Waals surface area contributed by atoms with Crippen molar-refractivity contribution in [3.05, 3.63) is 28.8 Å². The summed E-state index contributed by atoms with van der Waals surface area (Å²) in [6, 6.07) is 5.29. The number of halogens is 1. The maximum Gasteiger partial charge on any atom is 0.310 e. The van der Waals surface area contributed by atoms with Gasteiger partial charge in [0.15, 0.2) is 0 Å². The van der Waals surface area contributed by atoms with E-state index in [4.69, 9.17) is 11.6 Å². The van der Waals surface area contributed by atoms with Crippen molar-refractivity contribution < 1.29 is 14.7 Å². The van der Waals surface area contributed by atoms with Crippen LogP contribution in [-0.4, -0.2) is 17.0 Å². The number of hydrogen-bond acceptors (Lipinski definition) is 2. The van der Waals surface area contributed by atoms with Crippen molar-refractivity contribution in [1.82, 2.24) is 0 Å². The Hall–Kier alpha value is -1.55. The van der Waals surface area contributed by atoms with Gasteiger partial charge < -0.3 is 10.4 Å². The molecule has 0 aliphatic carbocycles. The lowest BCUT2D eigenvalue weighted by Gasteiger charge is -2.28.